The van der Waals surface area contributed by atoms with Gasteiger partial charge < -0.3 is 18.1 Å². The molecule has 0 aromatic rings. The Morgan fingerprint density at radius 2 is 1.87 bits per heavy atom. The summed E-state index contributed by atoms with van der Waals surface area (Å²) >= 11 is 0. The van der Waals surface area contributed by atoms with E-state index in [1.807, 2.05) is 0 Å². The average Bonchev–Trinajstić information content (AvgIpc) is 2.27. The Kier molecular flexibility index (Phi) is 7.20. The second-order valence-corrected chi connectivity index (χ2v) is 4.73. The highest BCUT2D eigenvalue weighted by atomic mass is 35.5. The average molecular weight is 234 g/mol. The third-order valence-corrected chi connectivity index (χ3v) is 3.70. The van der Waals surface area contributed by atoms with Crippen LogP contribution in [-0.2, 0) is 4.79 Å². The first-order valence-corrected chi connectivity index (χ1v) is 6.03. The van der Waals surface area contributed by atoms with E-state index in [0.717, 1.165) is 19.3 Å². The Morgan fingerprint density at radius 1 is 1.33 bits per heavy atom. The van der Waals surface area contributed by atoms with E-state index in [1.54, 1.807) is 0 Å². The monoisotopic (exact) mass is 233 g/mol. The minimum atomic E-state index is 0. The molecule has 1 saturated carbocycles. The number of hydrogen-bond donors (Lipinski definition) is 1. The molecule has 0 spiro atoms. The molecular formula is C12H24ClNO. The Hall–Kier alpha value is -0.0800. The van der Waals surface area contributed by atoms with E-state index in [-0.39, 0.29) is 18.4 Å². The molecule has 0 radical (unpaired) electrons. The van der Waals surface area contributed by atoms with E-state index in [2.05, 4.69) is 19.6 Å². The summed E-state index contributed by atoms with van der Waals surface area (Å²) in [4.78, 5) is 12.0. The minimum absolute atomic E-state index is 0. The topological polar surface area (TPSA) is 44.7 Å². The van der Waals surface area contributed by atoms with Crippen LogP contribution in [0, 0.1) is 11.8 Å². The van der Waals surface area contributed by atoms with E-state index in [0.29, 0.717) is 17.6 Å². The fraction of sp³-hybridized carbons (Fsp3) is 0.917. The molecule has 2 unspecified atom stereocenters. The highest BCUT2D eigenvalue weighted by Crippen LogP contribution is 2.26. The molecule has 0 heterocycles. The fourth-order valence-electron chi connectivity index (χ4n) is 2.25. The Bertz CT molecular complexity index is 186. The molecule has 0 aliphatic heterocycles. The van der Waals surface area contributed by atoms with Crippen molar-refractivity contribution in [2.45, 2.75) is 58.4 Å². The summed E-state index contributed by atoms with van der Waals surface area (Å²) in [5, 5.41) is 0. The summed E-state index contributed by atoms with van der Waals surface area (Å²) in [7, 11) is 0. The van der Waals surface area contributed by atoms with Gasteiger partial charge >= 0.3 is 0 Å². The van der Waals surface area contributed by atoms with Gasteiger partial charge in [-0.2, -0.15) is 0 Å². The van der Waals surface area contributed by atoms with E-state index in [1.165, 1.54) is 19.3 Å². The molecule has 90 valence electrons. The molecule has 1 aliphatic carbocycles. The molecule has 3 N–H and O–H groups in total. The van der Waals surface area contributed by atoms with Crippen molar-refractivity contribution < 1.29 is 22.9 Å². The molecule has 0 amide bonds. The van der Waals surface area contributed by atoms with Gasteiger partial charge in [-0.15, -0.1) is 0 Å². The Labute approximate surface area is 99.4 Å². The van der Waals surface area contributed by atoms with Crippen molar-refractivity contribution in [2.75, 3.05) is 0 Å². The third-order valence-electron chi connectivity index (χ3n) is 3.70. The van der Waals surface area contributed by atoms with Crippen LogP contribution in [-0.4, -0.2) is 11.8 Å². The summed E-state index contributed by atoms with van der Waals surface area (Å²) < 4.78 is 0. The number of Topliss-reactive ketones (excluding diaryl/α,β-unsaturated/α-hetero) is 1. The van der Waals surface area contributed by atoms with Crippen molar-refractivity contribution in [1.29, 1.82) is 0 Å². The van der Waals surface area contributed by atoms with Crippen LogP contribution < -0.4 is 18.1 Å². The van der Waals surface area contributed by atoms with Gasteiger partial charge in [0.25, 0.3) is 0 Å². The maximum absolute atomic E-state index is 12.0. The van der Waals surface area contributed by atoms with E-state index >= 15 is 0 Å². The summed E-state index contributed by atoms with van der Waals surface area (Å²) in [6.45, 7) is 4.27. The molecule has 1 aliphatic rings. The SMILES string of the molecule is CCC(C)C([NH3+])C(=O)C1CCCCC1.[Cl-]. The smallest absolute Gasteiger partial charge is 0.193 e. The standard InChI is InChI=1S/C12H23NO.ClH/c1-3-9(2)11(13)12(14)10-7-5-4-6-8-10;/h9-11H,3-8,13H2,1-2H3;1H. The summed E-state index contributed by atoms with van der Waals surface area (Å²) in [6, 6.07) is 0.0306. The number of rotatable bonds is 4. The van der Waals surface area contributed by atoms with Crippen molar-refractivity contribution in [2.24, 2.45) is 11.8 Å². The molecule has 1 fully saturated rings. The molecule has 2 atom stereocenters. The maximum atomic E-state index is 12.0. The largest absolute Gasteiger partial charge is 1.00 e. The van der Waals surface area contributed by atoms with Crippen LogP contribution in [0.5, 0.6) is 0 Å². The Balaban J connectivity index is 0.00000196. The van der Waals surface area contributed by atoms with Crippen molar-refractivity contribution in [3.63, 3.8) is 0 Å². The van der Waals surface area contributed by atoms with Crippen LogP contribution in [0.25, 0.3) is 0 Å². The molecule has 3 heteroatoms. The second kappa shape index (κ2) is 7.24. The highest BCUT2D eigenvalue weighted by molar-refractivity contribution is 5.85. The first kappa shape index (κ1) is 14.9. The zero-order chi connectivity index (χ0) is 10.6. The zero-order valence-electron chi connectivity index (χ0n) is 9.97. The van der Waals surface area contributed by atoms with Gasteiger partial charge in [-0.25, -0.2) is 0 Å². The number of carbonyl (C=O) groups excluding carboxylic acids is 1. The van der Waals surface area contributed by atoms with Crippen LogP contribution >= 0.6 is 0 Å². The van der Waals surface area contributed by atoms with Crippen LogP contribution in [0.2, 0.25) is 0 Å². The van der Waals surface area contributed by atoms with Crippen molar-refractivity contribution >= 4 is 5.78 Å². The summed E-state index contributed by atoms with van der Waals surface area (Å²) in [5.41, 5.74) is 4.03. The highest BCUT2D eigenvalue weighted by Gasteiger charge is 2.30. The minimum Gasteiger partial charge on any atom is -1.00 e. The van der Waals surface area contributed by atoms with Crippen molar-refractivity contribution in [1.82, 2.24) is 0 Å². The predicted molar refractivity (Wildman–Crippen MR) is 57.7 cm³/mol. The van der Waals surface area contributed by atoms with Gasteiger partial charge in [0.15, 0.2) is 5.78 Å². The molecule has 15 heavy (non-hydrogen) atoms. The van der Waals surface area contributed by atoms with E-state index in [4.69, 9.17) is 0 Å². The number of halogens is 1. The molecule has 0 aromatic carbocycles. The van der Waals surface area contributed by atoms with Crippen LogP contribution in [0.1, 0.15) is 52.4 Å². The van der Waals surface area contributed by atoms with E-state index < -0.39 is 0 Å². The van der Waals surface area contributed by atoms with Crippen LogP contribution in [0.4, 0.5) is 0 Å². The lowest BCUT2D eigenvalue weighted by Gasteiger charge is -2.23. The lowest BCUT2D eigenvalue weighted by molar-refractivity contribution is -0.415. The predicted octanol–water partition coefficient (Wildman–Crippen LogP) is -1.20. The van der Waals surface area contributed by atoms with Gasteiger partial charge in [-0.1, -0.05) is 33.1 Å². The zero-order valence-corrected chi connectivity index (χ0v) is 10.7. The number of ketones is 1. The van der Waals surface area contributed by atoms with Gasteiger partial charge in [-0.3, -0.25) is 4.79 Å². The molecule has 1 rings (SSSR count). The van der Waals surface area contributed by atoms with Gasteiger partial charge in [0.2, 0.25) is 0 Å². The normalized spacial score (nSPS) is 21.5. The van der Waals surface area contributed by atoms with Crippen molar-refractivity contribution in [3.05, 3.63) is 0 Å². The second-order valence-electron chi connectivity index (χ2n) is 4.73. The number of quaternary nitrogens is 1. The van der Waals surface area contributed by atoms with Crippen LogP contribution in [0.15, 0.2) is 0 Å². The van der Waals surface area contributed by atoms with Crippen molar-refractivity contribution in [3.8, 4) is 0 Å². The van der Waals surface area contributed by atoms with Gasteiger partial charge in [-0.05, 0) is 19.3 Å². The fourth-order valence-corrected chi connectivity index (χ4v) is 2.25. The first-order chi connectivity index (χ1) is 6.66. The Morgan fingerprint density at radius 3 is 2.33 bits per heavy atom. The molecule has 0 aromatic heterocycles. The lowest BCUT2D eigenvalue weighted by atomic mass is 9.81. The summed E-state index contributed by atoms with van der Waals surface area (Å²) in [6.07, 6.45) is 7.08. The van der Waals surface area contributed by atoms with Crippen LogP contribution in [0.3, 0.4) is 0 Å². The molecule has 0 saturated heterocycles. The molecule has 2 nitrogen and oxygen atoms in total. The lowest BCUT2D eigenvalue weighted by Crippen LogP contribution is -3.00. The maximum Gasteiger partial charge on any atom is 0.193 e. The molecular weight excluding hydrogens is 210 g/mol. The first-order valence-electron chi connectivity index (χ1n) is 6.03. The number of hydrogen-bond acceptors (Lipinski definition) is 1. The van der Waals surface area contributed by atoms with Gasteiger partial charge in [0.05, 0.1) is 0 Å². The third kappa shape index (κ3) is 4.12. The van der Waals surface area contributed by atoms with E-state index in [9.17, 15) is 4.79 Å². The quantitative estimate of drug-likeness (QED) is 0.651. The molecule has 0 bridgehead atoms. The van der Waals surface area contributed by atoms with Gasteiger partial charge in [0.1, 0.15) is 6.04 Å². The van der Waals surface area contributed by atoms with Gasteiger partial charge in [0, 0.05) is 11.8 Å². The number of carbonyl (C=O) groups is 1. The summed E-state index contributed by atoms with van der Waals surface area (Å²) in [5.74, 6) is 1.21.